The highest BCUT2D eigenvalue weighted by Gasteiger charge is 2.43. The molecule has 65 heavy (non-hydrogen) atoms. The van der Waals surface area contributed by atoms with Gasteiger partial charge >= 0.3 is 23.9 Å². The topological polar surface area (TPSA) is 160 Å². The second-order valence-electron chi connectivity index (χ2n) is 25.7. The van der Waals surface area contributed by atoms with Crippen LogP contribution in [-0.4, -0.2) is 142 Å². The molecule has 0 saturated carbocycles. The minimum atomic E-state index is -0.241. The van der Waals surface area contributed by atoms with Crippen molar-refractivity contribution in [2.45, 2.75) is 263 Å². The molecule has 4 aliphatic rings. The number of nitrogens with zero attached hydrogens (tertiary/aromatic N) is 2. The van der Waals surface area contributed by atoms with Crippen LogP contribution in [0.4, 0.5) is 0 Å². The smallest absolute Gasteiger partial charge is 0.307 e. The summed E-state index contributed by atoms with van der Waals surface area (Å²) >= 11 is 0. The summed E-state index contributed by atoms with van der Waals surface area (Å²) in [6, 6.07) is 0. The van der Waals surface area contributed by atoms with E-state index in [0.717, 1.165) is 51.4 Å². The maximum atomic E-state index is 13.4. The SMILES string of the molecule is CC1(C)CC(OC(=O)CCN(CCCN(CCC(=O)OC2CC(C)(C)NC(C)(C)C2)CCC(=O)OC2CC(C)(C)NC(C)(C)C2)CCC(=O)OC2CC(C)(C)NC(C)(C)C2)CC(C)(C)N1. The Bertz CT molecular complexity index is 1330. The molecular formula is C51H94N6O8. The summed E-state index contributed by atoms with van der Waals surface area (Å²) < 4.78 is 24.3. The minimum absolute atomic E-state index is 0.153. The molecule has 0 atom stereocenters. The molecule has 0 unspecified atom stereocenters. The van der Waals surface area contributed by atoms with Crippen molar-refractivity contribution < 1.29 is 38.1 Å². The normalized spacial score (nSPS) is 24.9. The van der Waals surface area contributed by atoms with Gasteiger partial charge in [0, 0.05) is 122 Å². The van der Waals surface area contributed by atoms with E-state index in [2.05, 4.69) is 142 Å². The fourth-order valence-electron chi connectivity index (χ4n) is 12.4. The molecule has 4 N–H and O–H groups in total. The standard InChI is InChI=1S/C51H94N6O8/c1-44(2)28-36(29-45(3,4)52-44)62-40(58)18-24-56(25-19-41(59)63-37-30-46(5,6)53-47(7,8)31-37)22-17-23-57(26-20-42(60)64-38-32-48(9,10)54-49(11,12)33-38)27-21-43(61)65-39-34-50(13,14)55-51(15,16)35-39/h36-39,52-55H,17-35H2,1-16H3. The van der Waals surface area contributed by atoms with Crippen molar-refractivity contribution in [2.24, 2.45) is 0 Å². The largest absolute Gasteiger partial charge is 0.462 e. The second-order valence-corrected chi connectivity index (χ2v) is 25.7. The third kappa shape index (κ3) is 20.4. The molecular weight excluding hydrogens is 825 g/mol. The molecule has 14 heteroatoms. The second kappa shape index (κ2) is 21.5. The Labute approximate surface area is 394 Å². The van der Waals surface area contributed by atoms with Gasteiger partial charge in [-0.25, -0.2) is 0 Å². The highest BCUT2D eigenvalue weighted by atomic mass is 16.6. The molecule has 376 valence electrons. The van der Waals surface area contributed by atoms with E-state index in [9.17, 15) is 19.2 Å². The van der Waals surface area contributed by atoms with Crippen molar-refractivity contribution >= 4 is 23.9 Å². The highest BCUT2D eigenvalue weighted by Crippen LogP contribution is 2.34. The van der Waals surface area contributed by atoms with Crippen molar-refractivity contribution in [3.8, 4) is 0 Å². The van der Waals surface area contributed by atoms with Crippen LogP contribution in [0.5, 0.6) is 0 Å². The Morgan fingerprint density at radius 2 is 0.508 bits per heavy atom. The van der Waals surface area contributed by atoms with Crippen molar-refractivity contribution in [1.82, 2.24) is 31.1 Å². The Hall–Kier alpha value is -2.36. The molecule has 0 aromatic heterocycles. The van der Waals surface area contributed by atoms with Gasteiger partial charge in [-0.1, -0.05) is 0 Å². The van der Waals surface area contributed by atoms with Gasteiger partial charge in [0.05, 0.1) is 25.7 Å². The molecule has 0 aliphatic carbocycles. The lowest BCUT2D eigenvalue weighted by Crippen LogP contribution is -2.59. The lowest BCUT2D eigenvalue weighted by Gasteiger charge is -2.46. The Morgan fingerprint density at radius 1 is 0.338 bits per heavy atom. The van der Waals surface area contributed by atoms with E-state index >= 15 is 0 Å². The first-order chi connectivity index (χ1) is 29.6. The van der Waals surface area contributed by atoms with Crippen LogP contribution in [0.2, 0.25) is 0 Å². The number of ether oxygens (including phenoxy) is 4. The number of rotatable bonds is 20. The number of esters is 4. The van der Waals surface area contributed by atoms with E-state index in [1.165, 1.54) is 0 Å². The summed E-state index contributed by atoms with van der Waals surface area (Å²) in [4.78, 5) is 57.9. The van der Waals surface area contributed by atoms with Gasteiger partial charge < -0.3 is 50.0 Å². The quantitative estimate of drug-likeness (QED) is 0.0734. The van der Waals surface area contributed by atoms with Gasteiger partial charge in [-0.15, -0.1) is 0 Å². The van der Waals surface area contributed by atoms with Gasteiger partial charge in [0.2, 0.25) is 0 Å². The summed E-state index contributed by atoms with van der Waals surface area (Å²) in [5.74, 6) is -0.963. The van der Waals surface area contributed by atoms with Crippen LogP contribution in [0.25, 0.3) is 0 Å². The van der Waals surface area contributed by atoms with Crippen LogP contribution in [0, 0.1) is 0 Å². The Balaban J connectivity index is 1.41. The first-order valence-corrected chi connectivity index (χ1v) is 25.0. The van der Waals surface area contributed by atoms with Gasteiger partial charge in [-0.3, -0.25) is 19.2 Å². The van der Waals surface area contributed by atoms with E-state index < -0.39 is 0 Å². The van der Waals surface area contributed by atoms with Gasteiger partial charge in [-0.05, 0) is 130 Å². The van der Waals surface area contributed by atoms with Crippen molar-refractivity contribution in [2.75, 3.05) is 39.3 Å². The van der Waals surface area contributed by atoms with Gasteiger partial charge in [0.1, 0.15) is 24.4 Å². The number of hydrogen-bond donors (Lipinski definition) is 4. The number of carbonyl (C=O) groups excluding carboxylic acids is 4. The summed E-state index contributed by atoms with van der Waals surface area (Å²) in [6.07, 6.45) is 6.68. The predicted molar refractivity (Wildman–Crippen MR) is 258 cm³/mol. The van der Waals surface area contributed by atoms with E-state index in [0.29, 0.717) is 45.7 Å². The molecule has 0 amide bonds. The van der Waals surface area contributed by atoms with Crippen LogP contribution in [0.3, 0.4) is 0 Å². The van der Waals surface area contributed by atoms with Gasteiger partial charge in [-0.2, -0.15) is 0 Å². The first-order valence-electron chi connectivity index (χ1n) is 25.0. The molecule has 0 bridgehead atoms. The molecule has 14 nitrogen and oxygen atoms in total. The number of hydrogen-bond acceptors (Lipinski definition) is 14. The Morgan fingerprint density at radius 3 is 0.677 bits per heavy atom. The first kappa shape index (κ1) is 55.2. The maximum Gasteiger partial charge on any atom is 0.307 e. The van der Waals surface area contributed by atoms with Crippen LogP contribution in [0.15, 0.2) is 0 Å². The Kier molecular flexibility index (Phi) is 18.3. The fraction of sp³-hybridized carbons (Fsp3) is 0.922. The monoisotopic (exact) mass is 919 g/mol. The van der Waals surface area contributed by atoms with Gasteiger partial charge in [0.15, 0.2) is 0 Å². The summed E-state index contributed by atoms with van der Waals surface area (Å²) in [7, 11) is 0. The number of carbonyl (C=O) groups is 4. The van der Waals surface area contributed by atoms with E-state index in [4.69, 9.17) is 18.9 Å². The summed E-state index contributed by atoms with van der Waals surface area (Å²) in [5, 5.41) is 14.6. The van der Waals surface area contributed by atoms with Crippen LogP contribution in [-0.2, 0) is 38.1 Å². The molecule has 4 saturated heterocycles. The lowest BCUT2D eigenvalue weighted by atomic mass is 9.81. The highest BCUT2D eigenvalue weighted by molar-refractivity contribution is 5.71. The minimum Gasteiger partial charge on any atom is -0.462 e. The summed E-state index contributed by atoms with van der Waals surface area (Å²) in [6.45, 7) is 37.2. The van der Waals surface area contributed by atoms with Crippen molar-refractivity contribution in [1.29, 1.82) is 0 Å². The molecule has 4 fully saturated rings. The molecule has 0 aromatic carbocycles. The van der Waals surface area contributed by atoms with Crippen LogP contribution >= 0.6 is 0 Å². The van der Waals surface area contributed by atoms with E-state index in [1.807, 2.05) is 0 Å². The van der Waals surface area contributed by atoms with Gasteiger partial charge in [0.25, 0.3) is 0 Å². The average Bonchev–Trinajstić information content (AvgIpc) is 3.04. The fourth-order valence-corrected chi connectivity index (χ4v) is 12.4. The third-order valence-corrected chi connectivity index (χ3v) is 13.3. The molecule has 0 spiro atoms. The zero-order chi connectivity index (χ0) is 48.9. The zero-order valence-electron chi connectivity index (χ0n) is 43.9. The molecule has 4 aliphatic heterocycles. The van der Waals surface area contributed by atoms with E-state index in [-0.39, 0.29) is 118 Å². The van der Waals surface area contributed by atoms with E-state index in [1.54, 1.807) is 0 Å². The number of piperidine rings is 4. The summed E-state index contributed by atoms with van der Waals surface area (Å²) in [5.41, 5.74) is -1.23. The van der Waals surface area contributed by atoms with Crippen molar-refractivity contribution in [3.05, 3.63) is 0 Å². The molecule has 0 radical (unpaired) electrons. The van der Waals surface area contributed by atoms with Crippen LogP contribution in [0.1, 0.15) is 194 Å². The average molecular weight is 919 g/mol. The molecule has 4 rings (SSSR count). The van der Waals surface area contributed by atoms with Crippen molar-refractivity contribution in [3.63, 3.8) is 0 Å². The molecule has 4 heterocycles. The van der Waals surface area contributed by atoms with Crippen LogP contribution < -0.4 is 21.3 Å². The third-order valence-electron chi connectivity index (χ3n) is 13.3. The maximum absolute atomic E-state index is 13.4. The number of nitrogens with one attached hydrogen (secondary N) is 4. The lowest BCUT2D eigenvalue weighted by molar-refractivity contribution is -0.155. The zero-order valence-corrected chi connectivity index (χ0v) is 43.9. The predicted octanol–water partition coefficient (Wildman–Crippen LogP) is 6.95. The molecule has 0 aromatic rings.